The molecule has 0 atom stereocenters. The van der Waals surface area contributed by atoms with Gasteiger partial charge in [0, 0.05) is 31.7 Å². The quantitative estimate of drug-likeness (QED) is 0.880. The average molecular weight is 233 g/mol. The molecule has 0 aliphatic heterocycles. The Labute approximate surface area is 100 Å². The van der Waals surface area contributed by atoms with Crippen molar-refractivity contribution in [3.05, 3.63) is 35.8 Å². The van der Waals surface area contributed by atoms with Gasteiger partial charge in [-0.05, 0) is 31.3 Å². The molecule has 1 heterocycles. The number of rotatable bonds is 3. The fourth-order valence-electron chi connectivity index (χ4n) is 1.88. The highest BCUT2D eigenvalue weighted by atomic mass is 19.1. The fourth-order valence-corrected chi connectivity index (χ4v) is 1.88. The summed E-state index contributed by atoms with van der Waals surface area (Å²) in [4.78, 5) is 6.47. The average Bonchev–Trinajstić information content (AvgIpc) is 2.28. The summed E-state index contributed by atoms with van der Waals surface area (Å²) in [6, 6.07) is 6.67. The third kappa shape index (κ3) is 2.36. The molecule has 2 aromatic rings. The highest BCUT2D eigenvalue weighted by Crippen LogP contribution is 2.26. The van der Waals surface area contributed by atoms with Crippen molar-refractivity contribution in [1.82, 2.24) is 10.3 Å². The zero-order valence-electron chi connectivity index (χ0n) is 10.3. The second-order valence-corrected chi connectivity index (χ2v) is 4.22. The van der Waals surface area contributed by atoms with E-state index in [0.717, 1.165) is 22.3 Å². The number of fused-ring (bicyclic) bond motifs is 1. The van der Waals surface area contributed by atoms with Crippen LogP contribution in [0.1, 0.15) is 5.69 Å². The van der Waals surface area contributed by atoms with E-state index in [1.165, 1.54) is 12.1 Å². The Hall–Kier alpha value is -1.68. The van der Waals surface area contributed by atoms with Crippen molar-refractivity contribution in [2.24, 2.45) is 0 Å². The molecular formula is C13H16FN3. The van der Waals surface area contributed by atoms with Crippen LogP contribution in [0.4, 0.5) is 10.1 Å². The minimum atomic E-state index is -0.233. The van der Waals surface area contributed by atoms with E-state index in [-0.39, 0.29) is 5.82 Å². The van der Waals surface area contributed by atoms with Crippen molar-refractivity contribution in [3.63, 3.8) is 0 Å². The second-order valence-electron chi connectivity index (χ2n) is 4.22. The van der Waals surface area contributed by atoms with Crippen LogP contribution in [0.15, 0.2) is 24.3 Å². The Morgan fingerprint density at radius 2 is 2.06 bits per heavy atom. The molecule has 1 aromatic heterocycles. The first-order chi connectivity index (χ1) is 8.11. The highest BCUT2D eigenvalue weighted by Gasteiger charge is 2.08. The van der Waals surface area contributed by atoms with Crippen molar-refractivity contribution < 1.29 is 4.39 Å². The molecule has 0 saturated heterocycles. The van der Waals surface area contributed by atoms with Crippen LogP contribution in [0.3, 0.4) is 0 Å². The lowest BCUT2D eigenvalue weighted by Gasteiger charge is -2.16. The lowest BCUT2D eigenvalue weighted by atomic mass is 10.1. The van der Waals surface area contributed by atoms with Crippen molar-refractivity contribution >= 4 is 16.6 Å². The topological polar surface area (TPSA) is 28.2 Å². The molecule has 1 N–H and O–H groups in total. The van der Waals surface area contributed by atoms with Gasteiger partial charge in [-0.2, -0.15) is 0 Å². The maximum absolute atomic E-state index is 13.3. The Kier molecular flexibility index (Phi) is 3.24. The van der Waals surface area contributed by atoms with E-state index in [1.54, 1.807) is 6.07 Å². The Bertz CT molecular complexity index is 537. The molecule has 0 aliphatic carbocycles. The van der Waals surface area contributed by atoms with Crippen LogP contribution in [-0.2, 0) is 6.54 Å². The van der Waals surface area contributed by atoms with Crippen LogP contribution in [0.25, 0.3) is 10.9 Å². The molecule has 0 amide bonds. The van der Waals surface area contributed by atoms with E-state index in [0.29, 0.717) is 6.54 Å². The minimum Gasteiger partial charge on any atom is -0.377 e. The van der Waals surface area contributed by atoms with Crippen LogP contribution in [0, 0.1) is 5.82 Å². The summed E-state index contributed by atoms with van der Waals surface area (Å²) < 4.78 is 13.3. The monoisotopic (exact) mass is 233 g/mol. The van der Waals surface area contributed by atoms with Crippen LogP contribution in [0.2, 0.25) is 0 Å². The number of pyridine rings is 1. The van der Waals surface area contributed by atoms with Gasteiger partial charge >= 0.3 is 0 Å². The molecule has 3 nitrogen and oxygen atoms in total. The molecule has 0 radical (unpaired) electrons. The molecule has 90 valence electrons. The van der Waals surface area contributed by atoms with Crippen molar-refractivity contribution in [3.8, 4) is 0 Å². The molecular weight excluding hydrogens is 217 g/mol. The summed E-state index contributed by atoms with van der Waals surface area (Å²) in [5, 5.41) is 3.91. The molecule has 0 unspecified atom stereocenters. The molecule has 4 heteroatoms. The third-order valence-electron chi connectivity index (χ3n) is 2.64. The van der Waals surface area contributed by atoms with Crippen LogP contribution < -0.4 is 10.2 Å². The van der Waals surface area contributed by atoms with Gasteiger partial charge in [-0.3, -0.25) is 4.98 Å². The van der Waals surface area contributed by atoms with Gasteiger partial charge in [0.05, 0.1) is 11.2 Å². The van der Waals surface area contributed by atoms with E-state index in [4.69, 9.17) is 0 Å². The van der Waals surface area contributed by atoms with Gasteiger partial charge in [-0.15, -0.1) is 0 Å². The molecule has 0 aliphatic rings. The molecule has 0 bridgehead atoms. The maximum Gasteiger partial charge on any atom is 0.124 e. The third-order valence-corrected chi connectivity index (χ3v) is 2.64. The highest BCUT2D eigenvalue weighted by molar-refractivity contribution is 5.91. The van der Waals surface area contributed by atoms with E-state index in [1.807, 2.05) is 32.1 Å². The van der Waals surface area contributed by atoms with Gasteiger partial charge in [-0.1, -0.05) is 0 Å². The molecule has 2 rings (SSSR count). The van der Waals surface area contributed by atoms with E-state index in [2.05, 4.69) is 10.3 Å². The van der Waals surface area contributed by atoms with Crippen molar-refractivity contribution in [1.29, 1.82) is 0 Å². The van der Waals surface area contributed by atoms with E-state index in [9.17, 15) is 4.39 Å². The number of halogens is 1. The number of anilines is 1. The van der Waals surface area contributed by atoms with Gasteiger partial charge in [0.15, 0.2) is 0 Å². The number of benzene rings is 1. The standard InChI is InChI=1S/C13H16FN3/c1-15-8-10-7-13(17(2)3)11-6-9(14)4-5-12(11)16-10/h4-7,15H,8H2,1-3H3. The molecule has 0 saturated carbocycles. The van der Waals surface area contributed by atoms with Gasteiger partial charge in [0.1, 0.15) is 5.82 Å². The summed E-state index contributed by atoms with van der Waals surface area (Å²) >= 11 is 0. The van der Waals surface area contributed by atoms with Gasteiger partial charge < -0.3 is 10.2 Å². The van der Waals surface area contributed by atoms with Gasteiger partial charge in [0.25, 0.3) is 0 Å². The Balaban J connectivity index is 2.67. The van der Waals surface area contributed by atoms with Crippen LogP contribution in [-0.4, -0.2) is 26.1 Å². The summed E-state index contributed by atoms with van der Waals surface area (Å²) in [7, 11) is 5.78. The number of aromatic nitrogens is 1. The first-order valence-corrected chi connectivity index (χ1v) is 5.53. The molecule has 0 spiro atoms. The zero-order chi connectivity index (χ0) is 12.4. The smallest absolute Gasteiger partial charge is 0.124 e. The predicted molar refractivity (Wildman–Crippen MR) is 68.8 cm³/mol. The number of nitrogens with zero attached hydrogens (tertiary/aromatic N) is 2. The lowest BCUT2D eigenvalue weighted by Crippen LogP contribution is -2.12. The largest absolute Gasteiger partial charge is 0.377 e. The SMILES string of the molecule is CNCc1cc(N(C)C)c2cc(F)ccc2n1. The van der Waals surface area contributed by atoms with Crippen molar-refractivity contribution in [2.75, 3.05) is 26.0 Å². The summed E-state index contributed by atoms with van der Waals surface area (Å²) in [5.74, 6) is -0.233. The first-order valence-electron chi connectivity index (χ1n) is 5.53. The predicted octanol–water partition coefficient (Wildman–Crippen LogP) is 2.16. The minimum absolute atomic E-state index is 0.233. The Morgan fingerprint density at radius 3 is 2.71 bits per heavy atom. The van der Waals surface area contributed by atoms with Crippen molar-refractivity contribution in [2.45, 2.75) is 6.54 Å². The fraction of sp³-hybridized carbons (Fsp3) is 0.308. The number of hydrogen-bond acceptors (Lipinski definition) is 3. The maximum atomic E-state index is 13.3. The summed E-state index contributed by atoms with van der Waals surface area (Å²) in [5.41, 5.74) is 2.76. The normalized spacial score (nSPS) is 10.8. The van der Waals surface area contributed by atoms with Gasteiger partial charge in [-0.25, -0.2) is 4.39 Å². The second kappa shape index (κ2) is 4.67. The Morgan fingerprint density at radius 1 is 1.29 bits per heavy atom. The zero-order valence-corrected chi connectivity index (χ0v) is 10.3. The summed E-state index contributed by atoms with van der Waals surface area (Å²) in [6.07, 6.45) is 0. The van der Waals surface area contributed by atoms with Gasteiger partial charge in [0.2, 0.25) is 0 Å². The lowest BCUT2D eigenvalue weighted by molar-refractivity contribution is 0.629. The number of nitrogens with one attached hydrogen (secondary N) is 1. The van der Waals surface area contributed by atoms with Crippen LogP contribution >= 0.6 is 0 Å². The van der Waals surface area contributed by atoms with Crippen LogP contribution in [0.5, 0.6) is 0 Å². The van der Waals surface area contributed by atoms with E-state index >= 15 is 0 Å². The molecule has 0 fully saturated rings. The van der Waals surface area contributed by atoms with E-state index < -0.39 is 0 Å². The molecule has 17 heavy (non-hydrogen) atoms. The molecule has 1 aromatic carbocycles. The first kappa shape index (κ1) is 11.8. The summed E-state index contributed by atoms with van der Waals surface area (Å²) in [6.45, 7) is 0.703. The number of hydrogen-bond donors (Lipinski definition) is 1.